The number of aromatic nitrogens is 2. The number of hydrogen-bond acceptors (Lipinski definition) is 3. The number of rotatable bonds is 5. The smallest absolute Gasteiger partial charge is 0.252 e. The van der Waals surface area contributed by atoms with Crippen molar-refractivity contribution in [3.63, 3.8) is 0 Å². The average Bonchev–Trinajstić information content (AvgIpc) is 2.35. The first-order valence-corrected chi connectivity index (χ1v) is 6.68. The van der Waals surface area contributed by atoms with Gasteiger partial charge in [-0.3, -0.25) is 9.78 Å². The molecule has 0 saturated carbocycles. The zero-order valence-electron chi connectivity index (χ0n) is 10.7. The third-order valence-corrected chi connectivity index (χ3v) is 2.90. The minimum Gasteiger partial charge on any atom is -0.326 e. The first-order valence-electron chi connectivity index (χ1n) is 6.30. The Morgan fingerprint density at radius 1 is 1.37 bits per heavy atom. The highest BCUT2D eigenvalue weighted by Gasteiger charge is 2.02. The molecule has 100 valence electrons. The number of H-pyrrole nitrogens is 1. The van der Waals surface area contributed by atoms with E-state index < -0.39 is 0 Å². The lowest BCUT2D eigenvalue weighted by molar-refractivity contribution is 0.772. The topological polar surface area (TPSA) is 57.8 Å². The lowest BCUT2D eigenvalue weighted by atomic mass is 10.2. The predicted octanol–water partition coefficient (Wildman–Crippen LogP) is 3.51. The van der Waals surface area contributed by atoms with Gasteiger partial charge in [0.1, 0.15) is 0 Å². The molecule has 5 heteroatoms. The van der Waals surface area contributed by atoms with Gasteiger partial charge in [0.25, 0.3) is 5.56 Å². The Kier molecular flexibility index (Phi) is 4.58. The average molecular weight is 278 g/mol. The summed E-state index contributed by atoms with van der Waals surface area (Å²) in [5.74, 6) is 0.445. The molecule has 1 heterocycles. The van der Waals surface area contributed by atoms with Crippen molar-refractivity contribution >= 4 is 23.2 Å². The first kappa shape index (κ1) is 13.6. The highest BCUT2D eigenvalue weighted by Crippen LogP contribution is 2.17. The van der Waals surface area contributed by atoms with Crippen LogP contribution in [0.25, 0.3) is 0 Å². The maximum Gasteiger partial charge on any atom is 0.252 e. The van der Waals surface area contributed by atoms with E-state index in [1.54, 1.807) is 18.2 Å². The Morgan fingerprint density at radius 3 is 2.95 bits per heavy atom. The molecule has 0 bridgehead atoms. The maximum absolute atomic E-state index is 11.6. The van der Waals surface area contributed by atoms with Crippen LogP contribution in [0.15, 0.2) is 35.1 Å². The fourth-order valence-corrected chi connectivity index (χ4v) is 1.95. The first-order chi connectivity index (χ1) is 9.17. The molecular formula is C14H16ClN3O. The normalized spacial score (nSPS) is 10.4. The largest absolute Gasteiger partial charge is 0.326 e. The summed E-state index contributed by atoms with van der Waals surface area (Å²) in [4.78, 5) is 18.6. The zero-order chi connectivity index (χ0) is 13.7. The standard InChI is InChI=1S/C14H16ClN3O/c1-2-3-6-12-9-13(19)18-14(17-12)16-11-7-4-5-10(15)8-11/h4-5,7-9H,2-3,6H2,1H3,(H2,16,17,18,19). The predicted molar refractivity (Wildman–Crippen MR) is 78.2 cm³/mol. The second-order valence-electron chi connectivity index (χ2n) is 4.32. The van der Waals surface area contributed by atoms with Crippen molar-refractivity contribution in [2.75, 3.05) is 5.32 Å². The maximum atomic E-state index is 11.6. The van der Waals surface area contributed by atoms with Gasteiger partial charge < -0.3 is 5.32 Å². The Hall–Kier alpha value is -1.81. The molecule has 0 aliphatic heterocycles. The van der Waals surface area contributed by atoms with Crippen molar-refractivity contribution in [3.8, 4) is 0 Å². The Labute approximate surface area is 116 Å². The molecule has 0 unspecified atom stereocenters. The summed E-state index contributed by atoms with van der Waals surface area (Å²) in [6, 6.07) is 8.81. The summed E-state index contributed by atoms with van der Waals surface area (Å²) in [5.41, 5.74) is 1.45. The molecule has 0 fully saturated rings. The third-order valence-electron chi connectivity index (χ3n) is 2.67. The van der Waals surface area contributed by atoms with Crippen molar-refractivity contribution in [1.82, 2.24) is 9.97 Å². The van der Waals surface area contributed by atoms with E-state index in [0.717, 1.165) is 30.6 Å². The number of nitrogens with zero attached hydrogens (tertiary/aromatic N) is 1. The van der Waals surface area contributed by atoms with Crippen LogP contribution in [0.2, 0.25) is 5.02 Å². The number of aryl methyl sites for hydroxylation is 1. The van der Waals surface area contributed by atoms with Gasteiger partial charge in [0.15, 0.2) is 0 Å². The van der Waals surface area contributed by atoms with Crippen LogP contribution in [0.3, 0.4) is 0 Å². The lowest BCUT2D eigenvalue weighted by Gasteiger charge is -2.07. The molecule has 19 heavy (non-hydrogen) atoms. The number of hydrogen-bond donors (Lipinski definition) is 2. The fourth-order valence-electron chi connectivity index (χ4n) is 1.76. The summed E-state index contributed by atoms with van der Waals surface area (Å²) >= 11 is 5.91. The molecule has 2 rings (SSSR count). The van der Waals surface area contributed by atoms with Crippen LogP contribution >= 0.6 is 11.6 Å². The molecule has 0 aliphatic rings. The SMILES string of the molecule is CCCCc1cc(=O)[nH]c(Nc2cccc(Cl)c2)n1. The van der Waals surface area contributed by atoms with Crippen LogP contribution in [0.1, 0.15) is 25.5 Å². The van der Waals surface area contributed by atoms with Gasteiger partial charge in [-0.1, -0.05) is 31.0 Å². The summed E-state index contributed by atoms with van der Waals surface area (Å²) in [5, 5.41) is 3.69. The van der Waals surface area contributed by atoms with Crippen molar-refractivity contribution < 1.29 is 0 Å². The molecule has 0 spiro atoms. The molecule has 1 aromatic heterocycles. The Bertz CT molecular complexity index is 610. The second-order valence-corrected chi connectivity index (χ2v) is 4.76. The molecule has 2 N–H and O–H groups in total. The van der Waals surface area contributed by atoms with E-state index in [2.05, 4.69) is 22.2 Å². The molecule has 0 amide bonds. The van der Waals surface area contributed by atoms with Crippen molar-refractivity contribution in [3.05, 3.63) is 51.4 Å². The van der Waals surface area contributed by atoms with E-state index in [0.29, 0.717) is 11.0 Å². The van der Waals surface area contributed by atoms with Crippen molar-refractivity contribution in [2.24, 2.45) is 0 Å². The Balaban J connectivity index is 2.20. The number of anilines is 2. The van der Waals surface area contributed by atoms with E-state index in [9.17, 15) is 4.79 Å². The number of aromatic amines is 1. The van der Waals surface area contributed by atoms with E-state index in [-0.39, 0.29) is 5.56 Å². The quantitative estimate of drug-likeness (QED) is 0.879. The molecule has 0 radical (unpaired) electrons. The molecule has 2 aromatic rings. The molecular weight excluding hydrogens is 262 g/mol. The summed E-state index contributed by atoms with van der Waals surface area (Å²) in [6.07, 6.45) is 2.91. The van der Waals surface area contributed by atoms with E-state index >= 15 is 0 Å². The monoisotopic (exact) mass is 277 g/mol. The minimum atomic E-state index is -0.148. The molecule has 4 nitrogen and oxygen atoms in total. The number of benzene rings is 1. The minimum absolute atomic E-state index is 0.148. The van der Waals surface area contributed by atoms with Crippen LogP contribution in [0, 0.1) is 0 Å². The van der Waals surface area contributed by atoms with Crippen LogP contribution < -0.4 is 10.9 Å². The number of unbranched alkanes of at least 4 members (excludes halogenated alkanes) is 1. The molecule has 0 atom stereocenters. The van der Waals surface area contributed by atoms with Gasteiger partial charge in [0.05, 0.1) is 0 Å². The van der Waals surface area contributed by atoms with Gasteiger partial charge in [-0.2, -0.15) is 0 Å². The highest BCUT2D eigenvalue weighted by molar-refractivity contribution is 6.30. The second kappa shape index (κ2) is 6.38. The highest BCUT2D eigenvalue weighted by atomic mass is 35.5. The van der Waals surface area contributed by atoms with Crippen LogP contribution in [0.5, 0.6) is 0 Å². The van der Waals surface area contributed by atoms with E-state index in [1.807, 2.05) is 12.1 Å². The van der Waals surface area contributed by atoms with Gasteiger partial charge in [0, 0.05) is 22.5 Å². The number of halogens is 1. The summed E-state index contributed by atoms with van der Waals surface area (Å²) in [7, 11) is 0. The van der Waals surface area contributed by atoms with Gasteiger partial charge in [-0.15, -0.1) is 0 Å². The lowest BCUT2D eigenvalue weighted by Crippen LogP contribution is -2.12. The van der Waals surface area contributed by atoms with Gasteiger partial charge in [-0.25, -0.2) is 4.98 Å². The van der Waals surface area contributed by atoms with Crippen molar-refractivity contribution in [2.45, 2.75) is 26.2 Å². The van der Waals surface area contributed by atoms with Gasteiger partial charge in [-0.05, 0) is 31.0 Å². The van der Waals surface area contributed by atoms with Crippen LogP contribution in [0.4, 0.5) is 11.6 Å². The third kappa shape index (κ3) is 4.10. The summed E-state index contributed by atoms with van der Waals surface area (Å²) < 4.78 is 0. The number of nitrogens with one attached hydrogen (secondary N) is 2. The van der Waals surface area contributed by atoms with Gasteiger partial charge >= 0.3 is 0 Å². The van der Waals surface area contributed by atoms with E-state index in [4.69, 9.17) is 11.6 Å². The zero-order valence-corrected chi connectivity index (χ0v) is 11.5. The fraction of sp³-hybridized carbons (Fsp3) is 0.286. The Morgan fingerprint density at radius 2 is 2.21 bits per heavy atom. The van der Waals surface area contributed by atoms with Crippen LogP contribution in [-0.4, -0.2) is 9.97 Å². The van der Waals surface area contributed by atoms with Crippen molar-refractivity contribution in [1.29, 1.82) is 0 Å². The molecule has 1 aromatic carbocycles. The summed E-state index contributed by atoms with van der Waals surface area (Å²) in [6.45, 7) is 2.11. The molecule has 0 aliphatic carbocycles. The van der Waals surface area contributed by atoms with Crippen LogP contribution in [-0.2, 0) is 6.42 Å². The van der Waals surface area contributed by atoms with Gasteiger partial charge in [0.2, 0.25) is 5.95 Å². The van der Waals surface area contributed by atoms with E-state index in [1.165, 1.54) is 0 Å². The molecule has 0 saturated heterocycles.